The number of pyridine rings is 1. The summed E-state index contributed by atoms with van der Waals surface area (Å²) in [6.45, 7) is 2.15. The van der Waals surface area contributed by atoms with Crippen molar-refractivity contribution in [1.82, 2.24) is 20.0 Å². The summed E-state index contributed by atoms with van der Waals surface area (Å²) < 4.78 is 6.65. The van der Waals surface area contributed by atoms with Crippen LogP contribution in [0.5, 0.6) is 0 Å². The fourth-order valence-corrected chi connectivity index (χ4v) is 2.34. The molecule has 7 nitrogen and oxygen atoms in total. The van der Waals surface area contributed by atoms with E-state index in [0.717, 1.165) is 5.56 Å². The van der Waals surface area contributed by atoms with Gasteiger partial charge in [0.15, 0.2) is 0 Å². The molecule has 0 aliphatic rings. The topological polar surface area (TPSA) is 90.0 Å². The van der Waals surface area contributed by atoms with Crippen molar-refractivity contribution in [2.24, 2.45) is 7.05 Å². The Morgan fingerprint density at radius 2 is 2.00 bits per heavy atom. The molecule has 3 aromatic rings. The number of amides is 1. The SMILES string of the molecule is CC(CNC(=O)c1cccn(C)c1=O)c1nc(-c2ccccc2)no1. The fourth-order valence-electron chi connectivity index (χ4n) is 2.34. The van der Waals surface area contributed by atoms with Crippen molar-refractivity contribution in [2.45, 2.75) is 12.8 Å². The average molecular weight is 338 g/mol. The molecule has 25 heavy (non-hydrogen) atoms. The van der Waals surface area contributed by atoms with E-state index >= 15 is 0 Å². The van der Waals surface area contributed by atoms with Gasteiger partial charge >= 0.3 is 0 Å². The van der Waals surface area contributed by atoms with Crippen molar-refractivity contribution >= 4 is 5.91 Å². The van der Waals surface area contributed by atoms with E-state index < -0.39 is 5.91 Å². The highest BCUT2D eigenvalue weighted by Gasteiger charge is 2.17. The first-order chi connectivity index (χ1) is 12.1. The van der Waals surface area contributed by atoms with Gasteiger partial charge in [0.2, 0.25) is 11.7 Å². The van der Waals surface area contributed by atoms with Crippen LogP contribution in [0.4, 0.5) is 0 Å². The molecule has 0 radical (unpaired) electrons. The lowest BCUT2D eigenvalue weighted by atomic mass is 10.1. The average Bonchev–Trinajstić information content (AvgIpc) is 3.13. The highest BCUT2D eigenvalue weighted by molar-refractivity contribution is 5.93. The molecule has 2 aromatic heterocycles. The first kappa shape index (κ1) is 16.6. The Hall–Kier alpha value is -3.22. The number of aromatic nitrogens is 3. The van der Waals surface area contributed by atoms with Crippen LogP contribution in [0, 0.1) is 0 Å². The smallest absolute Gasteiger partial charge is 0.263 e. The van der Waals surface area contributed by atoms with Gasteiger partial charge in [-0.15, -0.1) is 0 Å². The van der Waals surface area contributed by atoms with Crippen molar-refractivity contribution in [2.75, 3.05) is 6.54 Å². The lowest BCUT2D eigenvalue weighted by Gasteiger charge is -2.09. The highest BCUT2D eigenvalue weighted by Crippen LogP contribution is 2.19. The van der Waals surface area contributed by atoms with Gasteiger partial charge in [-0.3, -0.25) is 9.59 Å². The molecular formula is C18H18N4O3. The summed E-state index contributed by atoms with van der Waals surface area (Å²) >= 11 is 0. The summed E-state index contributed by atoms with van der Waals surface area (Å²) in [6.07, 6.45) is 1.60. The quantitative estimate of drug-likeness (QED) is 0.768. The minimum Gasteiger partial charge on any atom is -0.351 e. The van der Waals surface area contributed by atoms with E-state index in [-0.39, 0.29) is 23.6 Å². The van der Waals surface area contributed by atoms with Crippen molar-refractivity contribution in [3.8, 4) is 11.4 Å². The summed E-state index contributed by atoms with van der Waals surface area (Å²) in [4.78, 5) is 28.5. The van der Waals surface area contributed by atoms with E-state index in [9.17, 15) is 9.59 Å². The maximum Gasteiger partial charge on any atom is 0.263 e. The van der Waals surface area contributed by atoms with Crippen LogP contribution in [-0.2, 0) is 7.05 Å². The molecule has 0 bridgehead atoms. The zero-order valence-corrected chi connectivity index (χ0v) is 14.0. The molecule has 0 saturated carbocycles. The molecule has 1 N–H and O–H groups in total. The molecule has 0 saturated heterocycles. The predicted molar refractivity (Wildman–Crippen MR) is 92.2 cm³/mol. The lowest BCUT2D eigenvalue weighted by Crippen LogP contribution is -2.33. The van der Waals surface area contributed by atoms with Crippen molar-refractivity contribution in [1.29, 1.82) is 0 Å². The Balaban J connectivity index is 1.66. The second kappa shape index (κ2) is 7.12. The Labute approximate surface area is 144 Å². The Morgan fingerprint density at radius 1 is 1.24 bits per heavy atom. The van der Waals surface area contributed by atoms with Gasteiger partial charge in [-0.1, -0.05) is 42.4 Å². The van der Waals surface area contributed by atoms with E-state index in [1.54, 1.807) is 19.3 Å². The summed E-state index contributed by atoms with van der Waals surface area (Å²) in [6, 6.07) is 12.7. The molecular weight excluding hydrogens is 320 g/mol. The van der Waals surface area contributed by atoms with E-state index in [4.69, 9.17) is 4.52 Å². The minimum atomic E-state index is -0.421. The number of rotatable bonds is 5. The van der Waals surface area contributed by atoms with Gasteiger partial charge in [-0.25, -0.2) is 0 Å². The maximum atomic E-state index is 12.2. The third-order valence-corrected chi connectivity index (χ3v) is 3.83. The van der Waals surface area contributed by atoms with Crippen LogP contribution in [0.15, 0.2) is 58.0 Å². The van der Waals surface area contributed by atoms with Gasteiger partial charge < -0.3 is 14.4 Å². The number of hydrogen-bond acceptors (Lipinski definition) is 5. The van der Waals surface area contributed by atoms with Crippen LogP contribution in [0.2, 0.25) is 0 Å². The maximum absolute atomic E-state index is 12.2. The lowest BCUT2D eigenvalue weighted by molar-refractivity contribution is 0.0948. The van der Waals surface area contributed by atoms with Gasteiger partial charge in [-0.2, -0.15) is 4.98 Å². The predicted octanol–water partition coefficient (Wildman–Crippen LogP) is 1.97. The molecule has 1 amide bonds. The van der Waals surface area contributed by atoms with Crippen LogP contribution < -0.4 is 10.9 Å². The number of nitrogens with zero attached hydrogens (tertiary/aromatic N) is 3. The third kappa shape index (κ3) is 3.65. The number of hydrogen-bond donors (Lipinski definition) is 1. The summed E-state index contributed by atoms with van der Waals surface area (Å²) in [7, 11) is 1.60. The highest BCUT2D eigenvalue weighted by atomic mass is 16.5. The largest absolute Gasteiger partial charge is 0.351 e. The van der Waals surface area contributed by atoms with E-state index in [1.807, 2.05) is 37.3 Å². The summed E-state index contributed by atoms with van der Waals surface area (Å²) in [5.74, 6) is 0.336. The zero-order valence-electron chi connectivity index (χ0n) is 14.0. The van der Waals surface area contributed by atoms with Gasteiger partial charge in [0.1, 0.15) is 5.56 Å². The van der Waals surface area contributed by atoms with Gasteiger partial charge in [0, 0.05) is 25.4 Å². The molecule has 1 unspecified atom stereocenters. The Bertz CT molecular complexity index is 931. The van der Waals surface area contributed by atoms with Crippen LogP contribution in [-0.4, -0.2) is 27.2 Å². The Kier molecular flexibility index (Phi) is 4.74. The minimum absolute atomic E-state index is 0.104. The molecule has 1 atom stereocenters. The number of benzene rings is 1. The molecule has 3 rings (SSSR count). The molecule has 0 aliphatic carbocycles. The number of carbonyl (C=O) groups is 1. The van der Waals surface area contributed by atoms with Crippen molar-refractivity contribution in [3.05, 3.63) is 70.5 Å². The number of aryl methyl sites for hydroxylation is 1. The van der Waals surface area contributed by atoms with E-state index in [1.165, 1.54) is 10.6 Å². The molecule has 0 aliphatic heterocycles. The van der Waals surface area contributed by atoms with E-state index in [2.05, 4.69) is 15.5 Å². The second-order valence-electron chi connectivity index (χ2n) is 5.77. The number of carbonyl (C=O) groups excluding carboxylic acids is 1. The molecule has 128 valence electrons. The van der Waals surface area contributed by atoms with Crippen LogP contribution in [0.3, 0.4) is 0 Å². The van der Waals surface area contributed by atoms with Gasteiger partial charge in [0.25, 0.3) is 11.5 Å². The van der Waals surface area contributed by atoms with Gasteiger partial charge in [-0.05, 0) is 12.1 Å². The molecule has 0 fully saturated rings. The van der Waals surface area contributed by atoms with E-state index in [0.29, 0.717) is 11.7 Å². The first-order valence-corrected chi connectivity index (χ1v) is 7.89. The third-order valence-electron chi connectivity index (χ3n) is 3.83. The fraction of sp³-hybridized carbons (Fsp3) is 0.222. The number of nitrogens with one attached hydrogen (secondary N) is 1. The Morgan fingerprint density at radius 3 is 2.76 bits per heavy atom. The normalized spacial score (nSPS) is 11.9. The van der Waals surface area contributed by atoms with Crippen LogP contribution >= 0.6 is 0 Å². The van der Waals surface area contributed by atoms with Crippen LogP contribution in [0.25, 0.3) is 11.4 Å². The summed E-state index contributed by atoms with van der Waals surface area (Å²) in [5, 5.41) is 6.70. The molecule has 7 heteroatoms. The monoisotopic (exact) mass is 338 g/mol. The van der Waals surface area contributed by atoms with Crippen molar-refractivity contribution in [3.63, 3.8) is 0 Å². The molecule has 0 spiro atoms. The van der Waals surface area contributed by atoms with Crippen LogP contribution in [0.1, 0.15) is 29.1 Å². The molecule has 2 heterocycles. The zero-order chi connectivity index (χ0) is 17.8. The molecule has 1 aromatic carbocycles. The van der Waals surface area contributed by atoms with Gasteiger partial charge in [0.05, 0.1) is 5.92 Å². The summed E-state index contributed by atoms with van der Waals surface area (Å²) in [5.41, 5.74) is 0.631. The first-order valence-electron chi connectivity index (χ1n) is 7.89. The standard InChI is InChI=1S/C18H18N4O3/c1-12(11-19-16(23)14-9-6-10-22(2)18(14)24)17-20-15(21-25-17)13-7-4-3-5-8-13/h3-10,12H,11H2,1-2H3,(H,19,23). The van der Waals surface area contributed by atoms with Crippen molar-refractivity contribution < 1.29 is 9.32 Å². The second-order valence-corrected chi connectivity index (χ2v) is 5.77.